The van der Waals surface area contributed by atoms with Gasteiger partial charge in [-0.05, 0) is 49.7 Å². The summed E-state index contributed by atoms with van der Waals surface area (Å²) < 4.78 is 12.5. The molecule has 0 saturated heterocycles. The second kappa shape index (κ2) is 8.71. The number of fused-ring (bicyclic) bond motifs is 1. The van der Waals surface area contributed by atoms with Crippen LogP contribution in [0.15, 0.2) is 51.8 Å². The van der Waals surface area contributed by atoms with Gasteiger partial charge in [0, 0.05) is 30.2 Å². The van der Waals surface area contributed by atoms with Crippen LogP contribution in [0.2, 0.25) is 5.02 Å². The second-order valence-corrected chi connectivity index (χ2v) is 8.35. The fourth-order valence-corrected chi connectivity index (χ4v) is 3.83. The number of carbonyl (C=O) groups is 1. The topological polar surface area (TPSA) is 90.5 Å². The van der Waals surface area contributed by atoms with E-state index in [4.69, 9.17) is 20.9 Å². The van der Waals surface area contributed by atoms with E-state index in [9.17, 15) is 9.59 Å². The molecule has 1 atom stereocenters. The van der Waals surface area contributed by atoms with Gasteiger partial charge in [-0.2, -0.15) is 5.10 Å². The zero-order valence-corrected chi connectivity index (χ0v) is 19.7. The Hall–Kier alpha value is -3.65. The van der Waals surface area contributed by atoms with Crippen molar-refractivity contribution < 1.29 is 14.1 Å². The Kier molecular flexibility index (Phi) is 5.95. The number of hydrogen-bond donors (Lipinski definition) is 0. The molecule has 0 aliphatic carbocycles. The number of amides is 1. The van der Waals surface area contributed by atoms with Crippen molar-refractivity contribution in [3.63, 3.8) is 0 Å². The molecule has 170 valence electrons. The molecule has 1 unspecified atom stereocenters. The van der Waals surface area contributed by atoms with Gasteiger partial charge in [0.1, 0.15) is 16.8 Å². The van der Waals surface area contributed by atoms with Crippen LogP contribution in [0.1, 0.15) is 34.6 Å². The lowest BCUT2D eigenvalue weighted by atomic mass is 10.0. The van der Waals surface area contributed by atoms with E-state index in [2.05, 4.69) is 10.3 Å². The first-order chi connectivity index (χ1) is 15.7. The lowest BCUT2D eigenvalue weighted by Crippen LogP contribution is -2.27. The van der Waals surface area contributed by atoms with Crippen molar-refractivity contribution in [1.82, 2.24) is 19.8 Å². The molecule has 8 nitrogen and oxygen atoms in total. The van der Waals surface area contributed by atoms with Crippen LogP contribution >= 0.6 is 11.6 Å². The lowest BCUT2D eigenvalue weighted by Gasteiger charge is -2.17. The van der Waals surface area contributed by atoms with Crippen molar-refractivity contribution in [3.05, 3.63) is 74.7 Å². The first-order valence-electron chi connectivity index (χ1n) is 10.3. The van der Waals surface area contributed by atoms with E-state index in [1.54, 1.807) is 51.4 Å². The van der Waals surface area contributed by atoms with E-state index in [1.165, 1.54) is 16.7 Å². The van der Waals surface area contributed by atoms with Crippen molar-refractivity contribution in [2.24, 2.45) is 0 Å². The predicted octanol–water partition coefficient (Wildman–Crippen LogP) is 4.33. The third-order valence-electron chi connectivity index (χ3n) is 5.53. The zero-order chi connectivity index (χ0) is 23.9. The largest absolute Gasteiger partial charge is 0.496 e. The average molecular weight is 467 g/mol. The van der Waals surface area contributed by atoms with Crippen molar-refractivity contribution >= 4 is 28.5 Å². The fraction of sp³-hybridized carbons (Fsp3) is 0.250. The van der Waals surface area contributed by atoms with Gasteiger partial charge in [-0.15, -0.1) is 0 Å². The third-order valence-corrected chi connectivity index (χ3v) is 5.79. The standard InChI is InChI=1S/C24H23ClN4O4/c1-13-20-22(33-27-13)21(18-12-16(23(30)28(3)4)8-11-19(18)32-5)26-29(24(20)31)14(2)15-6-9-17(25)10-7-15/h6-12,14H,1-5H3. The minimum atomic E-state index is -0.398. The minimum Gasteiger partial charge on any atom is -0.496 e. The van der Waals surface area contributed by atoms with Gasteiger partial charge < -0.3 is 14.2 Å². The molecule has 0 saturated carbocycles. The molecule has 1 amide bonds. The molecule has 4 rings (SSSR count). The lowest BCUT2D eigenvalue weighted by molar-refractivity contribution is 0.0827. The molecular formula is C24H23ClN4O4. The first-order valence-corrected chi connectivity index (χ1v) is 10.6. The van der Waals surface area contributed by atoms with Gasteiger partial charge >= 0.3 is 0 Å². The van der Waals surface area contributed by atoms with Crippen LogP contribution in [0, 0.1) is 6.92 Å². The monoisotopic (exact) mass is 466 g/mol. The maximum absolute atomic E-state index is 13.4. The summed E-state index contributed by atoms with van der Waals surface area (Å²) in [6.07, 6.45) is 0. The number of ether oxygens (including phenoxy) is 1. The van der Waals surface area contributed by atoms with Gasteiger partial charge in [0.25, 0.3) is 11.5 Å². The van der Waals surface area contributed by atoms with Crippen LogP contribution in [0.4, 0.5) is 0 Å². The van der Waals surface area contributed by atoms with Crippen molar-refractivity contribution in [2.45, 2.75) is 19.9 Å². The van der Waals surface area contributed by atoms with Crippen molar-refractivity contribution in [1.29, 1.82) is 0 Å². The van der Waals surface area contributed by atoms with E-state index < -0.39 is 6.04 Å². The molecule has 9 heteroatoms. The van der Waals surface area contributed by atoms with E-state index >= 15 is 0 Å². The molecule has 2 aromatic carbocycles. The van der Waals surface area contributed by atoms with Crippen LogP contribution < -0.4 is 10.3 Å². The summed E-state index contributed by atoms with van der Waals surface area (Å²) in [6.45, 7) is 3.58. The predicted molar refractivity (Wildman–Crippen MR) is 126 cm³/mol. The number of rotatable bonds is 5. The van der Waals surface area contributed by atoms with Gasteiger partial charge in [0.2, 0.25) is 5.58 Å². The molecule has 0 radical (unpaired) electrons. The SMILES string of the molecule is COc1ccc(C(=O)N(C)C)cc1-c1nn(C(C)c2ccc(Cl)cc2)c(=O)c2c(C)noc12. The van der Waals surface area contributed by atoms with Gasteiger partial charge in [-0.3, -0.25) is 9.59 Å². The Morgan fingerprint density at radius 1 is 1.18 bits per heavy atom. The zero-order valence-electron chi connectivity index (χ0n) is 18.9. The molecule has 33 heavy (non-hydrogen) atoms. The molecule has 2 heterocycles. The van der Waals surface area contributed by atoms with Crippen molar-refractivity contribution in [2.75, 3.05) is 21.2 Å². The second-order valence-electron chi connectivity index (χ2n) is 7.91. The molecule has 0 fully saturated rings. The summed E-state index contributed by atoms with van der Waals surface area (Å²) in [7, 11) is 4.88. The molecule has 0 aliphatic rings. The molecule has 0 aliphatic heterocycles. The Balaban J connectivity index is 2.00. The van der Waals surface area contributed by atoms with Gasteiger partial charge in [-0.25, -0.2) is 4.68 Å². The maximum atomic E-state index is 13.4. The van der Waals surface area contributed by atoms with E-state index in [0.29, 0.717) is 38.7 Å². The van der Waals surface area contributed by atoms with E-state index in [0.717, 1.165) is 5.56 Å². The normalized spacial score (nSPS) is 12.1. The average Bonchev–Trinajstić information content (AvgIpc) is 3.20. The van der Waals surface area contributed by atoms with Crippen LogP contribution in [0.5, 0.6) is 5.75 Å². The Morgan fingerprint density at radius 2 is 1.88 bits per heavy atom. The smallest absolute Gasteiger partial charge is 0.280 e. The van der Waals surface area contributed by atoms with Gasteiger partial charge in [0.05, 0.1) is 18.8 Å². The highest BCUT2D eigenvalue weighted by molar-refractivity contribution is 6.30. The number of benzene rings is 2. The molecule has 0 N–H and O–H groups in total. The summed E-state index contributed by atoms with van der Waals surface area (Å²) in [5.41, 5.74) is 2.55. The summed E-state index contributed by atoms with van der Waals surface area (Å²) in [5, 5.41) is 9.60. The molecule has 0 spiro atoms. The van der Waals surface area contributed by atoms with Crippen LogP contribution in [-0.2, 0) is 0 Å². The quantitative estimate of drug-likeness (QED) is 0.434. The Morgan fingerprint density at radius 3 is 2.52 bits per heavy atom. The highest BCUT2D eigenvalue weighted by Crippen LogP contribution is 2.35. The summed E-state index contributed by atoms with van der Waals surface area (Å²) in [4.78, 5) is 27.5. The highest BCUT2D eigenvalue weighted by atomic mass is 35.5. The molecule has 4 aromatic rings. The summed E-state index contributed by atoms with van der Waals surface area (Å²) >= 11 is 6.03. The Bertz CT molecular complexity index is 1410. The number of halogens is 1. The fourth-order valence-electron chi connectivity index (χ4n) is 3.70. The molecule has 2 aromatic heterocycles. The molecular weight excluding hydrogens is 444 g/mol. The highest BCUT2D eigenvalue weighted by Gasteiger charge is 2.25. The van der Waals surface area contributed by atoms with Crippen LogP contribution in [0.25, 0.3) is 22.2 Å². The van der Waals surface area contributed by atoms with Gasteiger partial charge in [-0.1, -0.05) is 28.9 Å². The van der Waals surface area contributed by atoms with Crippen LogP contribution in [0.3, 0.4) is 0 Å². The third kappa shape index (κ3) is 3.98. The number of methoxy groups -OCH3 is 1. The first kappa shape index (κ1) is 22.5. The van der Waals surface area contributed by atoms with E-state index in [1.807, 2.05) is 19.1 Å². The number of aryl methyl sites for hydroxylation is 1. The number of aromatic nitrogens is 3. The Labute approximate surface area is 195 Å². The summed E-state index contributed by atoms with van der Waals surface area (Å²) in [6, 6.07) is 11.9. The van der Waals surface area contributed by atoms with Gasteiger partial charge in [0.15, 0.2) is 0 Å². The molecule has 0 bridgehead atoms. The van der Waals surface area contributed by atoms with Crippen molar-refractivity contribution in [3.8, 4) is 17.0 Å². The summed E-state index contributed by atoms with van der Waals surface area (Å²) in [5.74, 6) is 0.309. The number of nitrogens with zero attached hydrogens (tertiary/aromatic N) is 4. The minimum absolute atomic E-state index is 0.174. The van der Waals surface area contributed by atoms with E-state index in [-0.39, 0.29) is 17.0 Å². The number of hydrogen-bond acceptors (Lipinski definition) is 6. The van der Waals surface area contributed by atoms with Crippen LogP contribution in [-0.4, -0.2) is 46.9 Å². The maximum Gasteiger partial charge on any atom is 0.280 e. The number of carbonyl (C=O) groups excluding carboxylic acids is 1.